The number of carbonyl (C=O) groups excluding carboxylic acids is 1. The average Bonchev–Trinajstić information content (AvgIpc) is 2.68. The summed E-state index contributed by atoms with van der Waals surface area (Å²) in [5.74, 6) is 0.681. The van der Waals surface area contributed by atoms with E-state index in [2.05, 4.69) is 27.7 Å². The van der Waals surface area contributed by atoms with E-state index >= 15 is 0 Å². The first-order valence-corrected chi connectivity index (χ1v) is 10.7. The maximum Gasteiger partial charge on any atom is 0.254 e. The Kier molecular flexibility index (Phi) is 7.88. The van der Waals surface area contributed by atoms with Crippen molar-refractivity contribution in [3.63, 3.8) is 0 Å². The second-order valence-corrected chi connectivity index (χ2v) is 8.88. The van der Waals surface area contributed by atoms with E-state index in [0.29, 0.717) is 18.7 Å². The van der Waals surface area contributed by atoms with Crippen LogP contribution in [0.3, 0.4) is 0 Å². The highest BCUT2D eigenvalue weighted by Gasteiger charge is 2.20. The van der Waals surface area contributed by atoms with Crippen molar-refractivity contribution < 1.29 is 9.53 Å². The van der Waals surface area contributed by atoms with Gasteiger partial charge in [0.1, 0.15) is 12.3 Å². The van der Waals surface area contributed by atoms with Gasteiger partial charge in [0.2, 0.25) is 5.91 Å². The molecule has 1 amide bonds. The van der Waals surface area contributed by atoms with Gasteiger partial charge in [-0.2, -0.15) is 0 Å². The van der Waals surface area contributed by atoms with Gasteiger partial charge in [-0.25, -0.2) is 0 Å². The number of fused-ring (bicyclic) bond motifs is 1. The van der Waals surface area contributed by atoms with E-state index in [-0.39, 0.29) is 23.4 Å². The fourth-order valence-electron chi connectivity index (χ4n) is 3.36. The molecule has 1 aromatic heterocycles. The lowest BCUT2D eigenvalue weighted by Gasteiger charge is -2.27. The topological polar surface area (TPSA) is 51.5 Å². The van der Waals surface area contributed by atoms with Crippen LogP contribution in [-0.2, 0) is 17.8 Å². The summed E-state index contributed by atoms with van der Waals surface area (Å²) < 4.78 is 6.96. The first-order valence-electron chi connectivity index (χ1n) is 10.7. The van der Waals surface area contributed by atoms with E-state index in [9.17, 15) is 9.59 Å². The number of ether oxygens (including phenoxy) is 1. The lowest BCUT2D eigenvalue weighted by Crippen LogP contribution is -2.39. The van der Waals surface area contributed by atoms with Crippen molar-refractivity contribution in [2.45, 2.75) is 66.8 Å². The monoisotopic (exact) mass is 400 g/mol. The van der Waals surface area contributed by atoms with Gasteiger partial charge in [0.15, 0.2) is 0 Å². The van der Waals surface area contributed by atoms with Crippen molar-refractivity contribution >= 4 is 16.8 Å². The molecule has 0 spiro atoms. The summed E-state index contributed by atoms with van der Waals surface area (Å²) in [5.41, 5.74) is 1.54. The van der Waals surface area contributed by atoms with E-state index in [4.69, 9.17) is 4.74 Å². The minimum absolute atomic E-state index is 0.00201. The van der Waals surface area contributed by atoms with Gasteiger partial charge in [0, 0.05) is 24.7 Å². The van der Waals surface area contributed by atoms with Crippen molar-refractivity contribution in [1.82, 2.24) is 9.47 Å². The molecular formula is C24H36N2O3. The van der Waals surface area contributed by atoms with Gasteiger partial charge in [-0.15, -0.1) is 0 Å². The minimum atomic E-state index is -0.0899. The second kappa shape index (κ2) is 9.95. The predicted molar refractivity (Wildman–Crippen MR) is 120 cm³/mol. The molecule has 29 heavy (non-hydrogen) atoms. The van der Waals surface area contributed by atoms with Crippen LogP contribution in [0.2, 0.25) is 0 Å². The maximum atomic E-state index is 13.2. The van der Waals surface area contributed by atoms with Gasteiger partial charge >= 0.3 is 0 Å². The number of aromatic nitrogens is 1. The Morgan fingerprint density at radius 2 is 1.86 bits per heavy atom. The number of pyridine rings is 1. The molecule has 0 N–H and O–H groups in total. The normalized spacial score (nSPS) is 11.7. The van der Waals surface area contributed by atoms with Crippen LogP contribution >= 0.6 is 0 Å². The fraction of sp³-hybridized carbons (Fsp3) is 0.583. The molecule has 160 valence electrons. The first-order chi connectivity index (χ1) is 13.7. The zero-order valence-electron chi connectivity index (χ0n) is 18.9. The molecule has 0 saturated heterocycles. The molecule has 0 aliphatic rings. The van der Waals surface area contributed by atoms with Gasteiger partial charge in [-0.1, -0.05) is 41.0 Å². The molecule has 5 nitrogen and oxygen atoms in total. The number of carbonyl (C=O) groups is 1. The third-order valence-electron chi connectivity index (χ3n) is 5.32. The molecule has 0 saturated carbocycles. The Bertz CT molecular complexity index is 893. The van der Waals surface area contributed by atoms with E-state index in [0.717, 1.165) is 42.3 Å². The third-order valence-corrected chi connectivity index (χ3v) is 5.32. The number of unbranched alkanes of at least 4 members (excludes halogenated alkanes) is 1. The standard InChI is InChI=1S/C24H36N2O3/c1-7-9-13-25(14-12-24(3,4)5)22(27)17-26-21-16-20(29-6)11-10-19(21)15-18(8-2)23(26)28/h10-11,15-16H,7-9,12-14,17H2,1-6H3. The number of hydrogen-bond donors (Lipinski definition) is 0. The molecule has 2 rings (SSSR count). The Hall–Kier alpha value is -2.30. The Morgan fingerprint density at radius 3 is 2.45 bits per heavy atom. The second-order valence-electron chi connectivity index (χ2n) is 8.88. The van der Waals surface area contributed by atoms with Crippen molar-refractivity contribution in [2.24, 2.45) is 5.41 Å². The summed E-state index contributed by atoms with van der Waals surface area (Å²) in [7, 11) is 1.61. The van der Waals surface area contributed by atoms with Crippen molar-refractivity contribution in [3.8, 4) is 5.75 Å². The number of methoxy groups -OCH3 is 1. The number of benzene rings is 1. The Labute approximate surface area is 174 Å². The van der Waals surface area contributed by atoms with E-state index in [1.165, 1.54) is 0 Å². The van der Waals surface area contributed by atoms with E-state index < -0.39 is 0 Å². The van der Waals surface area contributed by atoms with Gasteiger partial charge in [-0.3, -0.25) is 14.2 Å². The molecule has 0 aliphatic carbocycles. The van der Waals surface area contributed by atoms with Crippen LogP contribution in [-0.4, -0.2) is 35.6 Å². The number of aryl methyl sites for hydroxylation is 1. The molecular weight excluding hydrogens is 364 g/mol. The first kappa shape index (κ1) is 23.0. The van der Waals surface area contributed by atoms with Crippen LogP contribution in [0, 0.1) is 5.41 Å². The van der Waals surface area contributed by atoms with Crippen molar-refractivity contribution in [3.05, 3.63) is 40.2 Å². The number of amides is 1. The zero-order chi connectivity index (χ0) is 21.6. The molecule has 0 radical (unpaired) electrons. The average molecular weight is 401 g/mol. The lowest BCUT2D eigenvalue weighted by atomic mass is 9.92. The summed E-state index contributed by atoms with van der Waals surface area (Å²) in [6, 6.07) is 7.60. The van der Waals surface area contributed by atoms with Crippen LogP contribution < -0.4 is 10.3 Å². The molecule has 0 unspecified atom stereocenters. The summed E-state index contributed by atoms with van der Waals surface area (Å²) in [6.45, 7) is 12.2. The smallest absolute Gasteiger partial charge is 0.254 e. The van der Waals surface area contributed by atoms with Crippen molar-refractivity contribution in [2.75, 3.05) is 20.2 Å². The van der Waals surface area contributed by atoms with Crippen LogP contribution in [0.15, 0.2) is 29.1 Å². The van der Waals surface area contributed by atoms with Crippen LogP contribution in [0.25, 0.3) is 10.9 Å². The SMILES string of the molecule is CCCCN(CCC(C)(C)C)C(=O)Cn1c(=O)c(CC)cc2ccc(OC)cc21. The van der Waals surface area contributed by atoms with Crippen molar-refractivity contribution in [1.29, 1.82) is 0 Å². The molecule has 0 fully saturated rings. The largest absolute Gasteiger partial charge is 0.497 e. The van der Waals surface area contributed by atoms with Gasteiger partial charge in [0.25, 0.3) is 5.56 Å². The van der Waals surface area contributed by atoms with Gasteiger partial charge < -0.3 is 9.64 Å². The number of rotatable bonds is 9. The minimum Gasteiger partial charge on any atom is -0.497 e. The highest BCUT2D eigenvalue weighted by molar-refractivity contribution is 5.84. The Balaban J connectivity index is 2.41. The molecule has 1 heterocycles. The molecule has 0 atom stereocenters. The van der Waals surface area contributed by atoms with Gasteiger partial charge in [0.05, 0.1) is 12.6 Å². The van der Waals surface area contributed by atoms with E-state index in [1.807, 2.05) is 36.1 Å². The highest BCUT2D eigenvalue weighted by Crippen LogP contribution is 2.22. The number of nitrogens with zero attached hydrogens (tertiary/aromatic N) is 2. The summed E-state index contributed by atoms with van der Waals surface area (Å²) in [5, 5.41) is 0.949. The quantitative estimate of drug-likeness (QED) is 0.616. The molecule has 5 heteroatoms. The lowest BCUT2D eigenvalue weighted by molar-refractivity contribution is -0.132. The van der Waals surface area contributed by atoms with Crippen LogP contribution in [0.1, 0.15) is 59.4 Å². The van der Waals surface area contributed by atoms with Crippen LogP contribution in [0.5, 0.6) is 5.75 Å². The zero-order valence-corrected chi connectivity index (χ0v) is 18.9. The molecule has 0 aliphatic heterocycles. The maximum absolute atomic E-state index is 13.2. The van der Waals surface area contributed by atoms with E-state index in [1.54, 1.807) is 11.7 Å². The summed E-state index contributed by atoms with van der Waals surface area (Å²) in [6.07, 6.45) is 3.57. The van der Waals surface area contributed by atoms with Gasteiger partial charge in [-0.05, 0) is 48.3 Å². The van der Waals surface area contributed by atoms with Crippen LogP contribution in [0.4, 0.5) is 0 Å². The predicted octanol–water partition coefficient (Wildman–Crippen LogP) is 4.64. The number of hydrogen-bond acceptors (Lipinski definition) is 3. The third kappa shape index (κ3) is 6.09. The summed E-state index contributed by atoms with van der Waals surface area (Å²) >= 11 is 0. The molecule has 1 aromatic carbocycles. The fourth-order valence-corrected chi connectivity index (χ4v) is 3.36. The molecule has 2 aromatic rings. The Morgan fingerprint density at radius 1 is 1.14 bits per heavy atom. The molecule has 0 bridgehead atoms. The highest BCUT2D eigenvalue weighted by atomic mass is 16.5. The summed E-state index contributed by atoms with van der Waals surface area (Å²) in [4.78, 5) is 28.2.